The fourth-order valence-corrected chi connectivity index (χ4v) is 7.88. The van der Waals surface area contributed by atoms with E-state index in [-0.39, 0.29) is 29.6 Å². The minimum Gasteiger partial charge on any atom is -0.453 e. The number of rotatable bonds is 13. The minimum atomic E-state index is -3.55. The summed E-state index contributed by atoms with van der Waals surface area (Å²) in [5.41, 5.74) is 1.56. The van der Waals surface area contributed by atoms with E-state index in [1.165, 1.54) is 31.4 Å². The minimum absolute atomic E-state index is 0.0973. The van der Waals surface area contributed by atoms with Gasteiger partial charge in [-0.3, -0.25) is 0 Å². The standard InChI is InChI=1S/C33H40F2N4O4S/c1-43-33(40)38-31(32(23-10-14-26(34)15-11-23)24-12-16-27(35)17-13-24)22-37-30-20-25(30)6-5-7-28-21-36-18-19-39(28)44(41,42)29-8-3-2-4-9-29/h2-4,8-17,25,28,30-32,36-37H,5-7,18-22H2,1H3,(H,38,40). The molecule has 0 bridgehead atoms. The average Bonchev–Trinajstić information content (AvgIpc) is 3.80. The molecule has 4 unspecified atom stereocenters. The Balaban J connectivity index is 1.19. The number of ether oxygens (including phenoxy) is 1. The quantitative estimate of drug-likeness (QED) is 0.256. The topological polar surface area (TPSA) is 99.8 Å². The van der Waals surface area contributed by atoms with Gasteiger partial charge in [0.1, 0.15) is 11.6 Å². The zero-order valence-electron chi connectivity index (χ0n) is 24.8. The second kappa shape index (κ2) is 14.6. The molecule has 1 saturated carbocycles. The van der Waals surface area contributed by atoms with Crippen molar-refractivity contribution in [3.8, 4) is 0 Å². The smallest absolute Gasteiger partial charge is 0.407 e. The molecule has 3 aromatic rings. The number of sulfonamides is 1. The summed E-state index contributed by atoms with van der Waals surface area (Å²) < 4.78 is 60.7. The number of hydrogen-bond acceptors (Lipinski definition) is 6. The van der Waals surface area contributed by atoms with Crippen LogP contribution in [0.5, 0.6) is 0 Å². The fourth-order valence-electron chi connectivity index (χ4n) is 6.20. The van der Waals surface area contributed by atoms with Crippen molar-refractivity contribution in [2.75, 3.05) is 33.3 Å². The maximum absolute atomic E-state index is 13.8. The van der Waals surface area contributed by atoms with Gasteiger partial charge in [0.15, 0.2) is 0 Å². The molecule has 0 radical (unpaired) electrons. The molecule has 44 heavy (non-hydrogen) atoms. The Morgan fingerprint density at radius 1 is 0.977 bits per heavy atom. The lowest BCUT2D eigenvalue weighted by molar-refractivity contribution is 0.165. The zero-order valence-corrected chi connectivity index (χ0v) is 25.6. The Morgan fingerprint density at radius 2 is 1.61 bits per heavy atom. The summed E-state index contributed by atoms with van der Waals surface area (Å²) in [7, 11) is -2.25. The molecule has 1 saturated heterocycles. The molecule has 1 aliphatic heterocycles. The predicted molar refractivity (Wildman–Crippen MR) is 165 cm³/mol. The fraction of sp³-hybridized carbons (Fsp3) is 0.424. The maximum Gasteiger partial charge on any atom is 0.407 e. The predicted octanol–water partition coefficient (Wildman–Crippen LogP) is 4.63. The monoisotopic (exact) mass is 626 g/mol. The Hall–Kier alpha value is -3.38. The van der Waals surface area contributed by atoms with Crippen LogP contribution < -0.4 is 16.0 Å². The molecule has 3 aromatic carbocycles. The van der Waals surface area contributed by atoms with E-state index in [1.807, 2.05) is 6.07 Å². The Bertz CT molecular complexity index is 1430. The number of carbonyl (C=O) groups is 1. The van der Waals surface area contributed by atoms with E-state index in [2.05, 4.69) is 16.0 Å². The largest absolute Gasteiger partial charge is 0.453 e. The summed E-state index contributed by atoms with van der Waals surface area (Å²) in [6.45, 7) is 2.14. The second-order valence-corrected chi connectivity index (χ2v) is 13.4. The number of benzene rings is 3. The van der Waals surface area contributed by atoms with Crippen LogP contribution in [0.2, 0.25) is 0 Å². The average molecular weight is 627 g/mol. The molecule has 8 nitrogen and oxygen atoms in total. The molecule has 1 heterocycles. The zero-order chi connectivity index (χ0) is 31.1. The summed E-state index contributed by atoms with van der Waals surface area (Å²) in [4.78, 5) is 12.7. The molecule has 0 aromatic heterocycles. The van der Waals surface area contributed by atoms with Gasteiger partial charge in [-0.25, -0.2) is 22.0 Å². The van der Waals surface area contributed by atoms with E-state index in [1.54, 1.807) is 52.8 Å². The molecule has 2 fully saturated rings. The number of halogens is 2. The van der Waals surface area contributed by atoms with Gasteiger partial charge in [-0.2, -0.15) is 4.31 Å². The second-order valence-electron chi connectivity index (χ2n) is 11.6. The van der Waals surface area contributed by atoms with Gasteiger partial charge in [0.05, 0.1) is 18.0 Å². The van der Waals surface area contributed by atoms with Crippen molar-refractivity contribution in [2.45, 2.75) is 54.6 Å². The highest BCUT2D eigenvalue weighted by Crippen LogP contribution is 2.36. The highest BCUT2D eigenvalue weighted by molar-refractivity contribution is 7.89. The molecule has 5 rings (SSSR count). The van der Waals surface area contributed by atoms with Crippen molar-refractivity contribution in [1.29, 1.82) is 0 Å². The van der Waals surface area contributed by atoms with Crippen LogP contribution in [0.4, 0.5) is 13.6 Å². The summed E-state index contributed by atoms with van der Waals surface area (Å²) in [5, 5.41) is 9.86. The number of nitrogens with zero attached hydrogens (tertiary/aromatic N) is 1. The SMILES string of the molecule is COC(=O)NC(CNC1CC1CCCC1CNCCN1S(=O)(=O)c1ccccc1)C(c1ccc(F)cc1)c1ccc(F)cc1. The molecule has 1 amide bonds. The number of nitrogens with one attached hydrogen (secondary N) is 3. The van der Waals surface area contributed by atoms with Crippen molar-refractivity contribution < 1.29 is 26.7 Å². The number of amides is 1. The Labute approximate surface area is 258 Å². The van der Waals surface area contributed by atoms with Crippen LogP contribution in [0.15, 0.2) is 83.8 Å². The maximum atomic E-state index is 13.8. The van der Waals surface area contributed by atoms with Gasteiger partial charge in [-0.15, -0.1) is 0 Å². The summed E-state index contributed by atoms with van der Waals surface area (Å²) in [6, 6.07) is 20.5. The first-order chi connectivity index (χ1) is 21.3. The summed E-state index contributed by atoms with van der Waals surface area (Å²) in [5.74, 6) is -0.670. The molecule has 0 spiro atoms. The highest BCUT2D eigenvalue weighted by atomic mass is 32.2. The highest BCUT2D eigenvalue weighted by Gasteiger charge is 2.39. The van der Waals surface area contributed by atoms with Crippen LogP contribution in [0, 0.1) is 17.6 Å². The Kier molecular flexibility index (Phi) is 10.6. The lowest BCUT2D eigenvalue weighted by Gasteiger charge is -2.35. The van der Waals surface area contributed by atoms with E-state index in [9.17, 15) is 22.0 Å². The molecule has 11 heteroatoms. The van der Waals surface area contributed by atoms with Gasteiger partial charge < -0.3 is 20.7 Å². The number of piperazine rings is 1. The van der Waals surface area contributed by atoms with Gasteiger partial charge in [0.25, 0.3) is 0 Å². The first-order valence-corrected chi connectivity index (χ1v) is 16.6. The van der Waals surface area contributed by atoms with Crippen molar-refractivity contribution in [3.05, 3.63) is 102 Å². The lowest BCUT2D eigenvalue weighted by Crippen LogP contribution is -2.53. The molecule has 1 aliphatic carbocycles. The van der Waals surface area contributed by atoms with Crippen molar-refractivity contribution in [2.24, 2.45) is 5.92 Å². The molecule has 236 valence electrons. The molecular formula is C33H40F2N4O4S. The van der Waals surface area contributed by atoms with Gasteiger partial charge >= 0.3 is 6.09 Å². The van der Waals surface area contributed by atoms with Gasteiger partial charge in [-0.05, 0) is 72.7 Å². The van der Waals surface area contributed by atoms with Crippen LogP contribution in [0.25, 0.3) is 0 Å². The first-order valence-electron chi connectivity index (χ1n) is 15.1. The third-order valence-electron chi connectivity index (χ3n) is 8.63. The normalized spacial score (nSPS) is 21.1. The third kappa shape index (κ3) is 8.01. The molecule has 3 N–H and O–H groups in total. The van der Waals surface area contributed by atoms with Crippen molar-refractivity contribution in [1.82, 2.24) is 20.3 Å². The van der Waals surface area contributed by atoms with Gasteiger partial charge in [0.2, 0.25) is 10.0 Å². The van der Waals surface area contributed by atoms with Gasteiger partial charge in [0, 0.05) is 44.2 Å². The van der Waals surface area contributed by atoms with E-state index >= 15 is 0 Å². The first kappa shape index (κ1) is 32.0. The molecular weight excluding hydrogens is 586 g/mol. The summed E-state index contributed by atoms with van der Waals surface area (Å²) in [6.07, 6.45) is 3.02. The van der Waals surface area contributed by atoms with Crippen LogP contribution in [-0.4, -0.2) is 70.2 Å². The van der Waals surface area contributed by atoms with E-state index < -0.39 is 22.2 Å². The Morgan fingerprint density at radius 3 is 2.23 bits per heavy atom. The van der Waals surface area contributed by atoms with Crippen molar-refractivity contribution >= 4 is 16.1 Å². The number of hydrogen-bond donors (Lipinski definition) is 3. The van der Waals surface area contributed by atoms with Crippen LogP contribution in [0.1, 0.15) is 42.7 Å². The number of methoxy groups -OCH3 is 1. The lowest BCUT2D eigenvalue weighted by atomic mass is 9.84. The van der Waals surface area contributed by atoms with Crippen LogP contribution in [0.3, 0.4) is 0 Å². The number of alkyl carbamates (subject to hydrolysis) is 1. The molecule has 4 atom stereocenters. The van der Waals surface area contributed by atoms with E-state index in [0.717, 1.165) is 36.8 Å². The third-order valence-corrected chi connectivity index (χ3v) is 10.6. The number of carbonyl (C=O) groups excluding carboxylic acids is 1. The van der Waals surface area contributed by atoms with E-state index in [4.69, 9.17) is 4.74 Å². The van der Waals surface area contributed by atoms with E-state index in [0.29, 0.717) is 37.0 Å². The van der Waals surface area contributed by atoms with Crippen LogP contribution in [-0.2, 0) is 14.8 Å². The molecule has 2 aliphatic rings. The van der Waals surface area contributed by atoms with Crippen LogP contribution >= 0.6 is 0 Å². The summed E-state index contributed by atoms with van der Waals surface area (Å²) >= 11 is 0. The van der Waals surface area contributed by atoms with Gasteiger partial charge in [-0.1, -0.05) is 48.9 Å². The van der Waals surface area contributed by atoms with Crippen molar-refractivity contribution in [3.63, 3.8) is 0 Å².